The van der Waals surface area contributed by atoms with Crippen LogP contribution in [0.25, 0.3) is 11.1 Å². The SMILES string of the molecule is COc1ccc(C2(c3ccc(Oc4ccc(C(=O)c5ccc(Cl)cc5)cc4)cc3)c3ccccc3-c3ccccc32)cc1. The van der Waals surface area contributed by atoms with Gasteiger partial charge in [0.1, 0.15) is 17.2 Å². The van der Waals surface area contributed by atoms with Gasteiger partial charge in [-0.3, -0.25) is 4.79 Å². The van der Waals surface area contributed by atoms with Crippen LogP contribution in [-0.4, -0.2) is 12.9 Å². The highest BCUT2D eigenvalue weighted by Gasteiger charge is 2.45. The Kier molecular flexibility index (Phi) is 6.81. The summed E-state index contributed by atoms with van der Waals surface area (Å²) >= 11 is 5.97. The first-order valence-corrected chi connectivity index (χ1v) is 14.5. The summed E-state index contributed by atoms with van der Waals surface area (Å²) in [6.45, 7) is 0. The van der Waals surface area contributed by atoms with Gasteiger partial charge in [0.15, 0.2) is 5.78 Å². The third kappa shape index (κ3) is 4.59. The standard InChI is InChI=1S/C39H27ClO3/c1-42-31-22-14-28(15-23-31)39(36-8-4-2-6-34(36)35-7-3-5-9-37(35)39)29-16-24-33(25-17-29)43-32-20-12-27(13-21-32)38(41)26-10-18-30(40)19-11-26/h2-25H,1H3. The highest BCUT2D eigenvalue weighted by Crippen LogP contribution is 2.56. The van der Waals surface area contributed by atoms with E-state index in [1.165, 1.54) is 27.8 Å². The molecule has 1 aliphatic carbocycles. The molecule has 0 heterocycles. The number of methoxy groups -OCH3 is 1. The van der Waals surface area contributed by atoms with Crippen molar-refractivity contribution in [2.45, 2.75) is 5.41 Å². The lowest BCUT2D eigenvalue weighted by Crippen LogP contribution is -2.28. The minimum absolute atomic E-state index is 0.0616. The van der Waals surface area contributed by atoms with Crippen molar-refractivity contribution in [3.05, 3.63) is 184 Å². The number of carbonyl (C=O) groups excluding carboxylic acids is 1. The largest absolute Gasteiger partial charge is 0.497 e. The van der Waals surface area contributed by atoms with E-state index in [0.29, 0.717) is 27.6 Å². The Labute approximate surface area is 255 Å². The Morgan fingerprint density at radius 1 is 0.535 bits per heavy atom. The second-order valence-corrected chi connectivity index (χ2v) is 11.0. The van der Waals surface area contributed by atoms with E-state index < -0.39 is 5.41 Å². The Hall–Kier alpha value is -5.12. The van der Waals surface area contributed by atoms with Crippen molar-refractivity contribution >= 4 is 17.4 Å². The molecule has 0 saturated carbocycles. The first kappa shape index (κ1) is 26.8. The zero-order valence-corrected chi connectivity index (χ0v) is 24.2. The highest BCUT2D eigenvalue weighted by molar-refractivity contribution is 6.30. The minimum atomic E-state index is -0.498. The molecule has 0 saturated heterocycles. The Bertz CT molecular complexity index is 1880. The number of fused-ring (bicyclic) bond motifs is 3. The summed E-state index contributed by atoms with van der Waals surface area (Å²) in [5.74, 6) is 2.13. The molecule has 0 atom stereocenters. The first-order chi connectivity index (χ1) is 21.1. The van der Waals surface area contributed by atoms with E-state index in [-0.39, 0.29) is 5.78 Å². The predicted molar refractivity (Wildman–Crippen MR) is 172 cm³/mol. The van der Waals surface area contributed by atoms with Gasteiger partial charge in [-0.2, -0.15) is 0 Å². The lowest BCUT2D eigenvalue weighted by Gasteiger charge is -2.34. The molecule has 6 aromatic carbocycles. The molecule has 4 heteroatoms. The number of halogens is 1. The maximum atomic E-state index is 12.9. The third-order valence-corrected chi connectivity index (χ3v) is 8.47. The summed E-state index contributed by atoms with van der Waals surface area (Å²) < 4.78 is 11.7. The number of carbonyl (C=O) groups is 1. The smallest absolute Gasteiger partial charge is 0.193 e. The van der Waals surface area contributed by atoms with Crippen LogP contribution in [0.2, 0.25) is 5.02 Å². The summed E-state index contributed by atoms with van der Waals surface area (Å²) in [5, 5.41) is 0.600. The summed E-state index contributed by atoms with van der Waals surface area (Å²) in [4.78, 5) is 12.9. The Balaban J connectivity index is 1.24. The van der Waals surface area contributed by atoms with E-state index in [0.717, 1.165) is 11.3 Å². The minimum Gasteiger partial charge on any atom is -0.497 e. The average molecular weight is 579 g/mol. The van der Waals surface area contributed by atoms with Crippen LogP contribution in [0.3, 0.4) is 0 Å². The number of rotatable bonds is 7. The van der Waals surface area contributed by atoms with Crippen LogP contribution in [0, 0.1) is 0 Å². The van der Waals surface area contributed by atoms with Gasteiger partial charge in [0.25, 0.3) is 0 Å². The third-order valence-electron chi connectivity index (χ3n) is 8.22. The fourth-order valence-electron chi connectivity index (χ4n) is 6.22. The summed E-state index contributed by atoms with van der Waals surface area (Å²) in [6, 6.07) is 48.1. The lowest BCUT2D eigenvalue weighted by molar-refractivity contribution is 0.103. The van der Waals surface area contributed by atoms with Crippen molar-refractivity contribution in [1.29, 1.82) is 0 Å². The molecule has 0 fully saturated rings. The van der Waals surface area contributed by atoms with E-state index >= 15 is 0 Å². The van der Waals surface area contributed by atoms with Gasteiger partial charge in [-0.05, 0) is 106 Å². The molecule has 0 N–H and O–H groups in total. The van der Waals surface area contributed by atoms with Gasteiger partial charge in [0.05, 0.1) is 12.5 Å². The number of hydrogen-bond donors (Lipinski definition) is 0. The van der Waals surface area contributed by atoms with Crippen LogP contribution in [0.4, 0.5) is 0 Å². The molecule has 43 heavy (non-hydrogen) atoms. The number of benzene rings is 6. The van der Waals surface area contributed by atoms with Crippen LogP contribution in [-0.2, 0) is 5.41 Å². The van der Waals surface area contributed by atoms with Gasteiger partial charge >= 0.3 is 0 Å². The average Bonchev–Trinajstić information content (AvgIpc) is 3.37. The summed E-state index contributed by atoms with van der Waals surface area (Å²) in [5.41, 5.74) is 7.96. The van der Waals surface area contributed by atoms with E-state index in [1.807, 2.05) is 36.4 Å². The molecule has 0 unspecified atom stereocenters. The fraction of sp³-hybridized carbons (Fsp3) is 0.0513. The molecular formula is C39H27ClO3. The van der Waals surface area contributed by atoms with Crippen molar-refractivity contribution in [3.63, 3.8) is 0 Å². The molecule has 0 aliphatic heterocycles. The number of ketones is 1. The van der Waals surface area contributed by atoms with Gasteiger partial charge in [-0.25, -0.2) is 0 Å². The fourth-order valence-corrected chi connectivity index (χ4v) is 6.34. The molecule has 0 bridgehead atoms. The zero-order valence-electron chi connectivity index (χ0n) is 23.5. The maximum Gasteiger partial charge on any atom is 0.193 e. The van der Waals surface area contributed by atoms with Crippen LogP contribution >= 0.6 is 11.6 Å². The molecule has 0 spiro atoms. The topological polar surface area (TPSA) is 35.5 Å². The molecule has 0 aromatic heterocycles. The van der Waals surface area contributed by atoms with E-state index in [2.05, 4.69) is 72.8 Å². The molecule has 7 rings (SSSR count). The lowest BCUT2D eigenvalue weighted by atomic mass is 9.68. The van der Waals surface area contributed by atoms with Crippen molar-refractivity contribution in [3.8, 4) is 28.4 Å². The summed E-state index contributed by atoms with van der Waals surface area (Å²) in [6.07, 6.45) is 0. The van der Waals surface area contributed by atoms with Crippen molar-refractivity contribution in [1.82, 2.24) is 0 Å². The second kappa shape index (κ2) is 10.9. The van der Waals surface area contributed by atoms with E-state index in [1.54, 1.807) is 43.5 Å². The second-order valence-electron chi connectivity index (χ2n) is 10.6. The highest BCUT2D eigenvalue weighted by atomic mass is 35.5. The van der Waals surface area contributed by atoms with Crippen molar-refractivity contribution < 1.29 is 14.3 Å². The van der Waals surface area contributed by atoms with Gasteiger partial charge in [0, 0.05) is 16.1 Å². The van der Waals surface area contributed by atoms with Gasteiger partial charge in [-0.1, -0.05) is 84.4 Å². The molecule has 208 valence electrons. The van der Waals surface area contributed by atoms with E-state index in [9.17, 15) is 4.79 Å². The van der Waals surface area contributed by atoms with Gasteiger partial charge in [-0.15, -0.1) is 0 Å². The molecule has 3 nitrogen and oxygen atoms in total. The predicted octanol–water partition coefficient (Wildman–Crippen LogP) is 9.73. The monoisotopic (exact) mass is 578 g/mol. The maximum absolute atomic E-state index is 12.9. The normalized spacial score (nSPS) is 12.7. The molecular weight excluding hydrogens is 552 g/mol. The van der Waals surface area contributed by atoms with Crippen LogP contribution < -0.4 is 9.47 Å². The van der Waals surface area contributed by atoms with Crippen molar-refractivity contribution in [2.24, 2.45) is 0 Å². The molecule has 0 amide bonds. The van der Waals surface area contributed by atoms with Crippen LogP contribution in [0.5, 0.6) is 17.2 Å². The molecule has 6 aromatic rings. The zero-order chi connectivity index (χ0) is 29.4. The number of hydrogen-bond acceptors (Lipinski definition) is 3. The quantitative estimate of drug-likeness (QED) is 0.177. The number of ether oxygens (including phenoxy) is 2. The first-order valence-electron chi connectivity index (χ1n) is 14.1. The summed E-state index contributed by atoms with van der Waals surface area (Å²) in [7, 11) is 1.69. The van der Waals surface area contributed by atoms with Crippen LogP contribution in [0.1, 0.15) is 38.2 Å². The Morgan fingerprint density at radius 3 is 1.44 bits per heavy atom. The van der Waals surface area contributed by atoms with Gasteiger partial charge in [0.2, 0.25) is 0 Å². The molecule has 1 aliphatic rings. The molecule has 0 radical (unpaired) electrons. The van der Waals surface area contributed by atoms with Crippen LogP contribution in [0.15, 0.2) is 146 Å². The van der Waals surface area contributed by atoms with Crippen molar-refractivity contribution in [2.75, 3.05) is 7.11 Å². The van der Waals surface area contributed by atoms with E-state index in [4.69, 9.17) is 21.1 Å². The van der Waals surface area contributed by atoms with Gasteiger partial charge < -0.3 is 9.47 Å². The Morgan fingerprint density at radius 2 is 0.953 bits per heavy atom.